The highest BCUT2D eigenvalue weighted by atomic mass is 19.2. The molecular formula is C26H19F2N7O. The number of imidazole rings is 1. The summed E-state index contributed by atoms with van der Waals surface area (Å²) < 4.78 is 29.8. The Morgan fingerprint density at radius 3 is 2.67 bits per heavy atom. The number of carbonyl (C=O) groups excluding carboxylic acids is 1. The minimum absolute atomic E-state index is 0.0298. The fourth-order valence-electron chi connectivity index (χ4n) is 4.71. The van der Waals surface area contributed by atoms with E-state index >= 15 is 0 Å². The number of amides is 1. The van der Waals surface area contributed by atoms with Gasteiger partial charge in [0, 0.05) is 18.8 Å². The van der Waals surface area contributed by atoms with E-state index in [0.717, 1.165) is 11.6 Å². The third-order valence-electron chi connectivity index (χ3n) is 6.59. The zero-order valence-corrected chi connectivity index (χ0v) is 19.0. The van der Waals surface area contributed by atoms with Crippen LogP contribution in [0.15, 0.2) is 67.1 Å². The van der Waals surface area contributed by atoms with Crippen molar-refractivity contribution in [2.45, 2.75) is 18.8 Å². The maximum atomic E-state index is 14.4. The van der Waals surface area contributed by atoms with E-state index in [4.69, 9.17) is 5.73 Å². The van der Waals surface area contributed by atoms with Crippen LogP contribution in [0.2, 0.25) is 0 Å². The Hall–Kier alpha value is -4.73. The number of rotatable bonds is 4. The van der Waals surface area contributed by atoms with Gasteiger partial charge in [-0.1, -0.05) is 42.5 Å². The highest BCUT2D eigenvalue weighted by Gasteiger charge is 2.47. The van der Waals surface area contributed by atoms with Gasteiger partial charge in [-0.3, -0.25) is 14.2 Å². The molecule has 2 aromatic carbocycles. The molecule has 0 saturated heterocycles. The lowest BCUT2D eigenvalue weighted by Crippen LogP contribution is -2.32. The van der Waals surface area contributed by atoms with Crippen LogP contribution in [-0.2, 0) is 16.6 Å². The maximum absolute atomic E-state index is 14.4. The smallest absolute Gasteiger partial charge is 0.240 e. The molecule has 1 aliphatic rings. The van der Waals surface area contributed by atoms with Gasteiger partial charge in [0.25, 0.3) is 0 Å². The lowest BCUT2D eigenvalue weighted by molar-refractivity contribution is -0.119. The highest BCUT2D eigenvalue weighted by Crippen LogP contribution is 2.44. The summed E-state index contributed by atoms with van der Waals surface area (Å²) >= 11 is 0. The number of benzene rings is 2. The molecule has 0 bridgehead atoms. The first-order valence-electron chi connectivity index (χ1n) is 11.2. The number of nitrogens with one attached hydrogen (secondary N) is 1. The fourth-order valence-corrected chi connectivity index (χ4v) is 4.71. The van der Waals surface area contributed by atoms with Gasteiger partial charge in [-0.2, -0.15) is 0 Å². The van der Waals surface area contributed by atoms with E-state index in [-0.39, 0.29) is 29.5 Å². The number of nitrogens with zero attached hydrogens (tertiary/aromatic N) is 5. The predicted octanol–water partition coefficient (Wildman–Crippen LogP) is 3.90. The average Bonchev–Trinajstić information content (AvgIpc) is 3.38. The van der Waals surface area contributed by atoms with Crippen molar-refractivity contribution in [3.05, 3.63) is 101 Å². The minimum Gasteiger partial charge on any atom is -0.383 e. The molecule has 1 unspecified atom stereocenters. The van der Waals surface area contributed by atoms with Crippen LogP contribution in [0.5, 0.6) is 0 Å². The van der Waals surface area contributed by atoms with Crippen LogP contribution < -0.4 is 11.1 Å². The Bertz CT molecular complexity index is 1670. The van der Waals surface area contributed by atoms with Crippen LogP contribution in [0.3, 0.4) is 0 Å². The zero-order chi connectivity index (χ0) is 25.0. The molecule has 3 aromatic heterocycles. The van der Waals surface area contributed by atoms with Crippen LogP contribution in [0.4, 0.5) is 20.4 Å². The van der Waals surface area contributed by atoms with Gasteiger partial charge in [0.05, 0.1) is 23.0 Å². The lowest BCUT2D eigenvalue weighted by Gasteiger charge is -2.23. The second kappa shape index (κ2) is 7.91. The Balaban J connectivity index is 1.49. The van der Waals surface area contributed by atoms with E-state index in [1.54, 1.807) is 29.9 Å². The van der Waals surface area contributed by atoms with Gasteiger partial charge in [0.15, 0.2) is 23.3 Å². The number of anilines is 2. The van der Waals surface area contributed by atoms with Crippen molar-refractivity contribution in [1.29, 1.82) is 0 Å². The number of fused-ring (bicyclic) bond motifs is 2. The van der Waals surface area contributed by atoms with Gasteiger partial charge in [0.2, 0.25) is 5.91 Å². The molecule has 1 aliphatic heterocycles. The van der Waals surface area contributed by atoms with Crippen molar-refractivity contribution < 1.29 is 13.6 Å². The molecule has 6 rings (SSSR count). The summed E-state index contributed by atoms with van der Waals surface area (Å²) in [6.45, 7) is 1.78. The van der Waals surface area contributed by atoms with E-state index in [1.165, 1.54) is 12.1 Å². The van der Waals surface area contributed by atoms with Crippen molar-refractivity contribution in [3.8, 4) is 11.6 Å². The average molecular weight is 483 g/mol. The first-order chi connectivity index (χ1) is 17.4. The number of hydrogen-bond acceptors (Lipinski definition) is 6. The van der Waals surface area contributed by atoms with E-state index in [2.05, 4.69) is 25.3 Å². The highest BCUT2D eigenvalue weighted by molar-refractivity contribution is 6.09. The molecule has 0 fully saturated rings. The first kappa shape index (κ1) is 21.8. The molecule has 8 nitrogen and oxygen atoms in total. The van der Waals surface area contributed by atoms with E-state index in [9.17, 15) is 13.6 Å². The quantitative estimate of drug-likeness (QED) is 0.401. The minimum atomic E-state index is -1.06. The summed E-state index contributed by atoms with van der Waals surface area (Å²) in [5, 5.41) is 2.84. The summed E-state index contributed by atoms with van der Waals surface area (Å²) in [7, 11) is 0. The van der Waals surface area contributed by atoms with Gasteiger partial charge in [-0.15, -0.1) is 0 Å². The molecule has 4 heterocycles. The number of aromatic nitrogens is 5. The summed E-state index contributed by atoms with van der Waals surface area (Å²) in [4.78, 5) is 31.0. The van der Waals surface area contributed by atoms with E-state index in [0.29, 0.717) is 28.4 Å². The summed E-state index contributed by atoms with van der Waals surface area (Å²) in [5.41, 5.74) is 7.81. The van der Waals surface area contributed by atoms with Crippen LogP contribution in [0.1, 0.15) is 29.3 Å². The molecule has 0 radical (unpaired) electrons. The van der Waals surface area contributed by atoms with E-state index < -0.39 is 17.0 Å². The topological polar surface area (TPSA) is 111 Å². The summed E-state index contributed by atoms with van der Waals surface area (Å²) in [5.74, 6) is -1.17. The molecule has 178 valence electrons. The number of hydrogen-bond donors (Lipinski definition) is 2. The Morgan fingerprint density at radius 2 is 1.86 bits per heavy atom. The number of nitrogens with two attached hydrogens (primary N) is 1. The normalized spacial score (nSPS) is 16.8. The molecule has 0 saturated carbocycles. The Kier molecular flexibility index (Phi) is 4.78. The van der Waals surface area contributed by atoms with Gasteiger partial charge in [0.1, 0.15) is 17.1 Å². The van der Waals surface area contributed by atoms with Crippen LogP contribution in [0, 0.1) is 11.6 Å². The Labute approximate surface area is 203 Å². The molecule has 0 aliphatic carbocycles. The van der Waals surface area contributed by atoms with Crippen molar-refractivity contribution in [2.75, 3.05) is 11.1 Å². The summed E-state index contributed by atoms with van der Waals surface area (Å²) in [6.07, 6.45) is 4.84. The van der Waals surface area contributed by atoms with Crippen LogP contribution >= 0.6 is 0 Å². The predicted molar refractivity (Wildman–Crippen MR) is 129 cm³/mol. The van der Waals surface area contributed by atoms with Gasteiger partial charge < -0.3 is 11.1 Å². The van der Waals surface area contributed by atoms with Gasteiger partial charge in [-0.25, -0.2) is 23.7 Å². The third-order valence-corrected chi connectivity index (χ3v) is 6.59. The standard InChI is InChI=1S/C26H19F2N7O/c1-26(15-7-3-2-4-8-15)19-21(29)32-23(33-22(19)34-25(26)36)24-31-17(18-13-30-10-11-35(18)24)12-14-6-5-9-16(27)20(14)28/h2-11,13H,12H2,1H3,(H3,29,32,33,34,36). The van der Waals surface area contributed by atoms with Gasteiger partial charge in [-0.05, 0) is 24.1 Å². The lowest BCUT2D eigenvalue weighted by atomic mass is 9.78. The van der Waals surface area contributed by atoms with Gasteiger partial charge >= 0.3 is 0 Å². The molecule has 10 heteroatoms. The largest absolute Gasteiger partial charge is 0.383 e. The fraction of sp³-hybridized carbons (Fsp3) is 0.115. The molecule has 0 spiro atoms. The first-order valence-corrected chi connectivity index (χ1v) is 11.2. The van der Waals surface area contributed by atoms with Crippen LogP contribution in [-0.4, -0.2) is 30.2 Å². The maximum Gasteiger partial charge on any atom is 0.240 e. The molecule has 1 amide bonds. The molecular weight excluding hydrogens is 464 g/mol. The monoisotopic (exact) mass is 483 g/mol. The van der Waals surface area contributed by atoms with E-state index in [1.807, 2.05) is 30.3 Å². The molecule has 3 N–H and O–H groups in total. The van der Waals surface area contributed by atoms with Crippen molar-refractivity contribution >= 4 is 23.1 Å². The molecule has 36 heavy (non-hydrogen) atoms. The molecule has 5 aromatic rings. The number of halogens is 2. The second-order valence-electron chi connectivity index (χ2n) is 8.70. The van der Waals surface area contributed by atoms with Crippen molar-refractivity contribution in [3.63, 3.8) is 0 Å². The third kappa shape index (κ3) is 3.14. The number of carbonyl (C=O) groups is 1. The molecule has 1 atom stereocenters. The van der Waals surface area contributed by atoms with Crippen LogP contribution in [0.25, 0.3) is 17.2 Å². The zero-order valence-electron chi connectivity index (χ0n) is 19.0. The second-order valence-corrected chi connectivity index (χ2v) is 8.70. The van der Waals surface area contributed by atoms with Crippen molar-refractivity contribution in [2.24, 2.45) is 0 Å². The SMILES string of the molecule is CC1(c2ccccc2)C(=O)Nc2nc(-c3nc(Cc4cccc(F)c4F)c4cnccn34)nc(N)c21. The van der Waals surface area contributed by atoms with Crippen molar-refractivity contribution in [1.82, 2.24) is 24.3 Å². The summed E-state index contributed by atoms with van der Waals surface area (Å²) in [6, 6.07) is 13.3. The number of nitrogen functional groups attached to an aromatic ring is 1. The Morgan fingerprint density at radius 1 is 1.06 bits per heavy atom.